The number of ether oxygens (including phenoxy) is 1. The fourth-order valence-corrected chi connectivity index (χ4v) is 1.87. The maximum atomic E-state index is 13.3. The zero-order chi connectivity index (χ0) is 17.8. The lowest BCUT2D eigenvalue weighted by molar-refractivity contribution is -0.324. The zero-order valence-electron chi connectivity index (χ0n) is 11.6. The predicted octanol–water partition coefficient (Wildman–Crippen LogP) is 2.83. The van der Waals surface area contributed by atoms with E-state index in [2.05, 4.69) is 9.73 Å². The van der Waals surface area contributed by atoms with Gasteiger partial charge < -0.3 is 5.73 Å². The van der Waals surface area contributed by atoms with Crippen molar-refractivity contribution in [1.82, 2.24) is 0 Å². The lowest BCUT2D eigenvalue weighted by Gasteiger charge is -2.22. The molecule has 0 aromatic heterocycles. The number of rotatable bonds is 4. The molecule has 11 heteroatoms. The average Bonchev–Trinajstić information content (AvgIpc) is 2.39. The molecule has 1 aliphatic rings. The highest BCUT2D eigenvalue weighted by molar-refractivity contribution is 6.26. The second-order valence-electron chi connectivity index (χ2n) is 4.63. The Bertz CT molecular complexity index is 509. The fourth-order valence-electron chi connectivity index (χ4n) is 1.87. The molecule has 132 valence electrons. The number of halogens is 7. The summed E-state index contributed by atoms with van der Waals surface area (Å²) in [5.41, 5.74) is 1.71. The number of aliphatic imine (C=N–C) groups is 1. The summed E-state index contributed by atoms with van der Waals surface area (Å²) >= 11 is 0. The molecule has 1 aliphatic carbocycles. The smallest absolute Gasteiger partial charge is 0.394 e. The third kappa shape index (κ3) is 5.81. The maximum absolute atomic E-state index is 13.3. The minimum atomic E-state index is -5.04. The number of hydrogen-bond donors (Lipinski definition) is 1. The van der Waals surface area contributed by atoms with Crippen molar-refractivity contribution in [3.63, 3.8) is 0 Å². The van der Waals surface area contributed by atoms with E-state index in [0.29, 0.717) is 0 Å². The van der Waals surface area contributed by atoms with Crippen LogP contribution in [-0.2, 0) is 9.53 Å². The highest BCUT2D eigenvalue weighted by atomic mass is 19.4. The van der Waals surface area contributed by atoms with Crippen molar-refractivity contribution in [2.24, 2.45) is 10.7 Å². The highest BCUT2D eigenvalue weighted by Crippen LogP contribution is 2.30. The summed E-state index contributed by atoms with van der Waals surface area (Å²) in [5, 5.41) is 0. The molecule has 1 rings (SSSR count). The molecule has 0 saturated heterocycles. The number of alkyl halides is 7. The van der Waals surface area contributed by atoms with Crippen molar-refractivity contribution in [1.29, 1.82) is 0 Å². The van der Waals surface area contributed by atoms with Crippen LogP contribution < -0.4 is 5.73 Å². The molecule has 1 unspecified atom stereocenters. The predicted molar refractivity (Wildman–Crippen MR) is 65.3 cm³/mol. The Balaban J connectivity index is 2.86. The first-order valence-electron chi connectivity index (χ1n) is 6.43. The molecule has 0 heterocycles. The van der Waals surface area contributed by atoms with Crippen LogP contribution in [0.4, 0.5) is 30.7 Å². The van der Waals surface area contributed by atoms with E-state index in [1.807, 2.05) is 0 Å². The monoisotopic (exact) mass is 350 g/mol. The minimum absolute atomic E-state index is 0.241. The number of nitrogens with two attached hydrogens (primary N) is 1. The van der Waals surface area contributed by atoms with Crippen molar-refractivity contribution < 1.29 is 40.3 Å². The van der Waals surface area contributed by atoms with Crippen LogP contribution in [-0.4, -0.2) is 43.4 Å². The Hall–Kier alpha value is -1.65. The number of Topliss-reactive ketones (excluding diaryl/α,β-unsaturated/α-hetero) is 1. The zero-order valence-corrected chi connectivity index (χ0v) is 11.6. The van der Waals surface area contributed by atoms with E-state index in [4.69, 9.17) is 5.73 Å². The third-order valence-electron chi connectivity index (χ3n) is 2.90. The second kappa shape index (κ2) is 7.28. The molecule has 0 aliphatic heterocycles. The Morgan fingerprint density at radius 2 is 1.87 bits per heavy atom. The fraction of sp³-hybridized carbons (Fsp3) is 0.667. The standard InChI is InChI=1S/C12H13F7N2O2/c13-6-2-3-7(21-4-1-5-23-12(17,18)19)8(9(6)22)10(20)11(14,15)16/h6H,1-5,20H2/b10-8+,21-7?. The number of carbonyl (C=O) groups is 1. The van der Waals surface area contributed by atoms with Gasteiger partial charge >= 0.3 is 12.5 Å². The van der Waals surface area contributed by atoms with Crippen LogP contribution in [0, 0.1) is 0 Å². The summed E-state index contributed by atoms with van der Waals surface area (Å²) in [6.45, 7) is -1.06. The lowest BCUT2D eigenvalue weighted by atomic mass is 9.88. The van der Waals surface area contributed by atoms with E-state index in [0.717, 1.165) is 0 Å². The van der Waals surface area contributed by atoms with Gasteiger partial charge in [0.15, 0.2) is 6.17 Å². The van der Waals surface area contributed by atoms with Crippen LogP contribution in [0.5, 0.6) is 0 Å². The van der Waals surface area contributed by atoms with Gasteiger partial charge in [0.05, 0.1) is 12.2 Å². The quantitative estimate of drug-likeness (QED) is 0.482. The van der Waals surface area contributed by atoms with E-state index in [1.54, 1.807) is 0 Å². The SMILES string of the molecule is N/C(=C1/C(=O)C(F)CCC1=NCCCOC(F)(F)F)C(F)(F)F. The highest BCUT2D eigenvalue weighted by Gasteiger charge is 2.41. The van der Waals surface area contributed by atoms with E-state index in [9.17, 15) is 35.5 Å². The van der Waals surface area contributed by atoms with Crippen LogP contribution in [0.2, 0.25) is 0 Å². The molecule has 23 heavy (non-hydrogen) atoms. The van der Waals surface area contributed by atoms with Crippen LogP contribution in [0.25, 0.3) is 0 Å². The number of ketones is 1. The Morgan fingerprint density at radius 3 is 2.39 bits per heavy atom. The molecule has 0 spiro atoms. The van der Waals surface area contributed by atoms with Crippen molar-refractivity contribution in [3.8, 4) is 0 Å². The molecular formula is C12H13F7N2O2. The third-order valence-corrected chi connectivity index (χ3v) is 2.90. The molecule has 0 aromatic rings. The molecule has 4 nitrogen and oxygen atoms in total. The van der Waals surface area contributed by atoms with Crippen molar-refractivity contribution in [3.05, 3.63) is 11.3 Å². The minimum Gasteiger partial charge on any atom is -0.394 e. The van der Waals surface area contributed by atoms with Crippen LogP contribution >= 0.6 is 0 Å². The van der Waals surface area contributed by atoms with Crippen molar-refractivity contribution in [2.45, 2.75) is 38.0 Å². The van der Waals surface area contributed by atoms with E-state index < -0.39 is 42.4 Å². The van der Waals surface area contributed by atoms with Gasteiger partial charge in [-0.2, -0.15) is 13.2 Å². The van der Waals surface area contributed by atoms with E-state index in [-0.39, 0.29) is 31.5 Å². The second-order valence-corrected chi connectivity index (χ2v) is 4.63. The van der Waals surface area contributed by atoms with Crippen molar-refractivity contribution >= 4 is 11.5 Å². The van der Waals surface area contributed by atoms with Crippen molar-refractivity contribution in [2.75, 3.05) is 13.2 Å². The first-order valence-corrected chi connectivity index (χ1v) is 6.43. The number of hydrogen-bond acceptors (Lipinski definition) is 4. The maximum Gasteiger partial charge on any atom is 0.522 e. The van der Waals surface area contributed by atoms with Gasteiger partial charge in [-0.15, -0.1) is 13.2 Å². The summed E-state index contributed by atoms with van der Waals surface area (Å²) in [4.78, 5) is 15.2. The molecule has 0 aromatic carbocycles. The Kier molecular flexibility index (Phi) is 6.14. The molecule has 2 N–H and O–H groups in total. The van der Waals surface area contributed by atoms with Crippen LogP contribution in [0.1, 0.15) is 19.3 Å². The van der Waals surface area contributed by atoms with Gasteiger partial charge in [-0.3, -0.25) is 14.5 Å². The summed E-state index contributed by atoms with van der Waals surface area (Å²) in [6.07, 6.45) is -12.8. The molecule has 1 saturated carbocycles. The summed E-state index contributed by atoms with van der Waals surface area (Å²) in [7, 11) is 0. The van der Waals surface area contributed by atoms with Gasteiger partial charge in [0, 0.05) is 12.3 Å². The molecule has 0 amide bonds. The van der Waals surface area contributed by atoms with E-state index >= 15 is 0 Å². The van der Waals surface area contributed by atoms with Gasteiger partial charge in [-0.05, 0) is 19.3 Å². The largest absolute Gasteiger partial charge is 0.522 e. The number of allylic oxidation sites excluding steroid dienone is 2. The van der Waals surface area contributed by atoms with Gasteiger partial charge in [0.1, 0.15) is 5.70 Å². The molecule has 1 atom stereocenters. The average molecular weight is 350 g/mol. The van der Waals surface area contributed by atoms with Gasteiger partial charge in [0.25, 0.3) is 0 Å². The molecular weight excluding hydrogens is 337 g/mol. The van der Waals surface area contributed by atoms with Gasteiger partial charge in [-0.25, -0.2) is 4.39 Å². The number of carbonyl (C=O) groups excluding carboxylic acids is 1. The normalized spacial score (nSPS) is 24.2. The van der Waals surface area contributed by atoms with Crippen LogP contribution in [0.15, 0.2) is 16.3 Å². The Morgan fingerprint density at radius 1 is 1.26 bits per heavy atom. The van der Waals surface area contributed by atoms with E-state index in [1.165, 1.54) is 0 Å². The topological polar surface area (TPSA) is 64.7 Å². The molecule has 1 fully saturated rings. The van der Waals surface area contributed by atoms with Gasteiger partial charge in [-0.1, -0.05) is 0 Å². The number of nitrogens with zero attached hydrogens (tertiary/aromatic N) is 1. The first-order chi connectivity index (χ1) is 10.4. The van der Waals surface area contributed by atoms with Gasteiger partial charge in [0.2, 0.25) is 5.78 Å². The summed E-state index contributed by atoms with van der Waals surface area (Å²) in [6, 6.07) is 0. The summed E-state index contributed by atoms with van der Waals surface area (Å²) in [5.74, 6) is -1.42. The van der Waals surface area contributed by atoms with Crippen LogP contribution in [0.3, 0.4) is 0 Å². The lowest BCUT2D eigenvalue weighted by Crippen LogP contribution is -2.35. The molecule has 0 bridgehead atoms. The first kappa shape index (κ1) is 19.4. The molecule has 0 radical (unpaired) electrons. The summed E-state index contributed by atoms with van der Waals surface area (Å²) < 4.78 is 89.9. The Labute approximate surface area is 126 Å².